The molecule has 1 aliphatic rings. The van der Waals surface area contributed by atoms with Gasteiger partial charge in [0.25, 0.3) is 0 Å². The lowest BCUT2D eigenvalue weighted by Gasteiger charge is -2.26. The largest absolute Gasteiger partial charge is 0.381 e. The number of ether oxygens (including phenoxy) is 1. The molecule has 8 heteroatoms. The molecule has 1 fully saturated rings. The van der Waals surface area contributed by atoms with Gasteiger partial charge in [0.2, 0.25) is 5.89 Å². The quantitative estimate of drug-likeness (QED) is 0.390. The first-order valence-electron chi connectivity index (χ1n) is 8.55. The van der Waals surface area contributed by atoms with Crippen LogP contribution in [0, 0.1) is 12.8 Å². The van der Waals surface area contributed by atoms with Gasteiger partial charge >= 0.3 is 0 Å². The summed E-state index contributed by atoms with van der Waals surface area (Å²) < 4.78 is 10.5. The van der Waals surface area contributed by atoms with Crippen LogP contribution in [0.25, 0.3) is 0 Å². The highest BCUT2D eigenvalue weighted by Gasteiger charge is 2.15. The average molecular weight is 451 g/mol. The Kier molecular flexibility index (Phi) is 10.2. The maximum Gasteiger partial charge on any atom is 0.228 e. The number of nitrogens with zero attached hydrogens (tertiary/aromatic N) is 4. The topological polar surface area (TPSA) is 75.8 Å². The molecular formula is C16H30IN5O2. The summed E-state index contributed by atoms with van der Waals surface area (Å²) in [6, 6.07) is 0. The molecule has 0 radical (unpaired) electrons. The van der Waals surface area contributed by atoms with Gasteiger partial charge in [-0.1, -0.05) is 5.16 Å². The predicted octanol–water partition coefficient (Wildman–Crippen LogP) is 2.25. The number of guanidine groups is 1. The Morgan fingerprint density at radius 3 is 2.75 bits per heavy atom. The molecule has 0 atom stereocenters. The summed E-state index contributed by atoms with van der Waals surface area (Å²) in [6.07, 6.45) is 4.22. The lowest BCUT2D eigenvalue weighted by atomic mass is 9.96. The third kappa shape index (κ3) is 7.33. The molecular weight excluding hydrogens is 421 g/mol. The van der Waals surface area contributed by atoms with Gasteiger partial charge in [0, 0.05) is 39.8 Å². The predicted molar refractivity (Wildman–Crippen MR) is 105 cm³/mol. The Balaban J connectivity index is 0.00000288. The van der Waals surface area contributed by atoms with Gasteiger partial charge in [0.1, 0.15) is 0 Å². The minimum atomic E-state index is 0. The number of aliphatic imine (C=N–C) groups is 1. The Bertz CT molecular complexity index is 489. The Morgan fingerprint density at radius 1 is 1.38 bits per heavy atom. The summed E-state index contributed by atoms with van der Waals surface area (Å²) >= 11 is 0. The lowest BCUT2D eigenvalue weighted by Crippen LogP contribution is -2.40. The van der Waals surface area contributed by atoms with Crippen molar-refractivity contribution in [1.29, 1.82) is 0 Å². The number of aromatic nitrogens is 2. The Hall–Kier alpha value is -0.900. The van der Waals surface area contributed by atoms with Crippen molar-refractivity contribution in [3.05, 3.63) is 11.7 Å². The molecule has 1 aromatic heterocycles. The molecule has 2 rings (SSSR count). The molecule has 0 bridgehead atoms. The average Bonchev–Trinajstić information content (AvgIpc) is 2.98. The summed E-state index contributed by atoms with van der Waals surface area (Å²) in [5.74, 6) is 3.03. The first kappa shape index (κ1) is 21.1. The van der Waals surface area contributed by atoms with E-state index in [2.05, 4.69) is 39.3 Å². The SMILES string of the molecule is CCNC(=NCCc1nc(C)no1)N(C)CCC1CCOCC1.I. The normalized spacial score (nSPS) is 15.9. The zero-order chi connectivity index (χ0) is 16.5. The summed E-state index contributed by atoms with van der Waals surface area (Å²) in [5, 5.41) is 7.14. The molecule has 0 unspecified atom stereocenters. The fraction of sp³-hybridized carbons (Fsp3) is 0.812. The number of aryl methyl sites for hydroxylation is 1. The van der Waals surface area contributed by atoms with E-state index in [-0.39, 0.29) is 24.0 Å². The molecule has 24 heavy (non-hydrogen) atoms. The lowest BCUT2D eigenvalue weighted by molar-refractivity contribution is 0.0625. The smallest absolute Gasteiger partial charge is 0.228 e. The van der Waals surface area contributed by atoms with Gasteiger partial charge in [0.15, 0.2) is 11.8 Å². The first-order chi connectivity index (χ1) is 11.2. The van der Waals surface area contributed by atoms with Crippen molar-refractivity contribution in [3.63, 3.8) is 0 Å². The number of hydrogen-bond donors (Lipinski definition) is 1. The molecule has 1 saturated heterocycles. The van der Waals surface area contributed by atoms with Crippen molar-refractivity contribution < 1.29 is 9.26 Å². The van der Waals surface area contributed by atoms with E-state index in [1.165, 1.54) is 19.3 Å². The van der Waals surface area contributed by atoms with Crippen molar-refractivity contribution >= 4 is 29.9 Å². The van der Waals surface area contributed by atoms with Crippen LogP contribution in [-0.4, -0.2) is 60.9 Å². The minimum absolute atomic E-state index is 0. The molecule has 0 aromatic carbocycles. The maximum atomic E-state index is 5.42. The van der Waals surface area contributed by atoms with Crippen LogP contribution < -0.4 is 5.32 Å². The molecule has 2 heterocycles. The molecule has 138 valence electrons. The zero-order valence-electron chi connectivity index (χ0n) is 15.0. The second-order valence-electron chi connectivity index (χ2n) is 5.99. The van der Waals surface area contributed by atoms with E-state index in [0.717, 1.165) is 38.2 Å². The van der Waals surface area contributed by atoms with Crippen molar-refractivity contribution in [2.24, 2.45) is 10.9 Å². The van der Waals surface area contributed by atoms with Crippen LogP contribution in [0.5, 0.6) is 0 Å². The van der Waals surface area contributed by atoms with E-state index < -0.39 is 0 Å². The van der Waals surface area contributed by atoms with Crippen LogP contribution in [0.15, 0.2) is 9.52 Å². The number of rotatable bonds is 7. The van der Waals surface area contributed by atoms with Gasteiger partial charge in [-0.2, -0.15) is 4.98 Å². The fourth-order valence-corrected chi connectivity index (χ4v) is 2.69. The molecule has 0 spiro atoms. The van der Waals surface area contributed by atoms with Gasteiger partial charge in [-0.3, -0.25) is 4.99 Å². The second kappa shape index (κ2) is 11.6. The van der Waals surface area contributed by atoms with Crippen molar-refractivity contribution in [2.45, 2.75) is 39.5 Å². The highest BCUT2D eigenvalue weighted by atomic mass is 127. The summed E-state index contributed by atoms with van der Waals surface area (Å²) in [4.78, 5) is 11.1. The van der Waals surface area contributed by atoms with Crippen LogP contribution in [0.4, 0.5) is 0 Å². The van der Waals surface area contributed by atoms with Crippen LogP contribution in [0.3, 0.4) is 0 Å². The monoisotopic (exact) mass is 451 g/mol. The summed E-state index contributed by atoms with van der Waals surface area (Å²) in [6.45, 7) is 8.24. The van der Waals surface area contributed by atoms with E-state index in [1.807, 2.05) is 6.92 Å². The molecule has 1 aromatic rings. The first-order valence-corrected chi connectivity index (χ1v) is 8.55. The van der Waals surface area contributed by atoms with Gasteiger partial charge in [-0.05, 0) is 39.0 Å². The van der Waals surface area contributed by atoms with Crippen LogP contribution in [0.1, 0.15) is 37.9 Å². The Labute approximate surface area is 161 Å². The van der Waals surface area contributed by atoms with E-state index in [9.17, 15) is 0 Å². The van der Waals surface area contributed by atoms with Crippen LogP contribution in [-0.2, 0) is 11.2 Å². The second-order valence-corrected chi connectivity index (χ2v) is 5.99. The third-order valence-electron chi connectivity index (χ3n) is 4.07. The van der Waals surface area contributed by atoms with E-state index in [0.29, 0.717) is 24.7 Å². The highest BCUT2D eigenvalue weighted by Crippen LogP contribution is 2.18. The van der Waals surface area contributed by atoms with Crippen molar-refractivity contribution in [1.82, 2.24) is 20.4 Å². The zero-order valence-corrected chi connectivity index (χ0v) is 17.3. The number of nitrogens with one attached hydrogen (secondary N) is 1. The summed E-state index contributed by atoms with van der Waals surface area (Å²) in [5.41, 5.74) is 0. The third-order valence-corrected chi connectivity index (χ3v) is 4.07. The molecule has 1 N–H and O–H groups in total. The van der Waals surface area contributed by atoms with Gasteiger partial charge in [-0.15, -0.1) is 24.0 Å². The van der Waals surface area contributed by atoms with Gasteiger partial charge in [0.05, 0.1) is 6.54 Å². The van der Waals surface area contributed by atoms with Crippen molar-refractivity contribution in [3.8, 4) is 0 Å². The van der Waals surface area contributed by atoms with Gasteiger partial charge < -0.3 is 19.5 Å². The van der Waals surface area contributed by atoms with Crippen LogP contribution >= 0.6 is 24.0 Å². The van der Waals surface area contributed by atoms with Gasteiger partial charge in [-0.25, -0.2) is 0 Å². The van der Waals surface area contributed by atoms with Crippen molar-refractivity contribution in [2.75, 3.05) is 39.9 Å². The fourth-order valence-electron chi connectivity index (χ4n) is 2.69. The molecule has 0 saturated carbocycles. The Morgan fingerprint density at radius 2 is 2.12 bits per heavy atom. The van der Waals surface area contributed by atoms with Crippen LogP contribution in [0.2, 0.25) is 0 Å². The highest BCUT2D eigenvalue weighted by molar-refractivity contribution is 14.0. The maximum absolute atomic E-state index is 5.42. The minimum Gasteiger partial charge on any atom is -0.381 e. The van der Waals surface area contributed by atoms with E-state index in [4.69, 9.17) is 9.26 Å². The van der Waals surface area contributed by atoms with E-state index >= 15 is 0 Å². The molecule has 1 aliphatic heterocycles. The number of hydrogen-bond acceptors (Lipinski definition) is 5. The molecule has 0 aliphatic carbocycles. The molecule has 0 amide bonds. The standard InChI is InChI=1S/C16H29N5O2.HI/c1-4-17-16(18-9-5-15-19-13(2)20-23-15)21(3)10-6-14-7-11-22-12-8-14;/h14H,4-12H2,1-3H3,(H,17,18);1H. The number of halogens is 1. The summed E-state index contributed by atoms with van der Waals surface area (Å²) in [7, 11) is 2.09. The van der Waals surface area contributed by atoms with E-state index in [1.54, 1.807) is 0 Å². The molecule has 7 nitrogen and oxygen atoms in total.